The summed E-state index contributed by atoms with van der Waals surface area (Å²) in [6, 6.07) is 12.9. The third-order valence-electron chi connectivity index (χ3n) is 5.19. The molecular weight excluding hydrogens is 350 g/mol. The number of carboxylic acid groups (broad SMARTS) is 1. The van der Waals surface area contributed by atoms with Crippen LogP contribution >= 0.6 is 0 Å². The second kappa shape index (κ2) is 12.2. The number of fused-ring (bicyclic) bond motifs is 1. The van der Waals surface area contributed by atoms with Crippen molar-refractivity contribution in [1.29, 1.82) is 0 Å². The SMILES string of the molecule is CCCCCCCCCCC(=O)NC(Cc1cccc2ccccc12)C(=O)O. The Morgan fingerprint density at radius 2 is 1.54 bits per heavy atom. The quantitative estimate of drug-likeness (QED) is 0.450. The van der Waals surface area contributed by atoms with Crippen molar-refractivity contribution in [2.45, 2.75) is 77.2 Å². The van der Waals surface area contributed by atoms with Gasteiger partial charge in [0.15, 0.2) is 0 Å². The van der Waals surface area contributed by atoms with Crippen LogP contribution in [0.25, 0.3) is 10.8 Å². The zero-order valence-corrected chi connectivity index (χ0v) is 17.0. The summed E-state index contributed by atoms with van der Waals surface area (Å²) in [4.78, 5) is 23.9. The van der Waals surface area contributed by atoms with E-state index >= 15 is 0 Å². The maximum atomic E-state index is 12.2. The highest BCUT2D eigenvalue weighted by Crippen LogP contribution is 2.20. The Balaban J connectivity index is 1.79. The molecule has 4 nitrogen and oxygen atoms in total. The van der Waals surface area contributed by atoms with Gasteiger partial charge in [-0.3, -0.25) is 4.79 Å². The minimum Gasteiger partial charge on any atom is -0.480 e. The number of carboxylic acids is 1. The third kappa shape index (κ3) is 7.34. The van der Waals surface area contributed by atoms with Crippen LogP contribution in [-0.2, 0) is 16.0 Å². The number of carbonyl (C=O) groups is 2. The molecule has 152 valence electrons. The molecule has 0 heterocycles. The molecule has 1 unspecified atom stereocenters. The minimum atomic E-state index is -0.989. The molecule has 0 saturated heterocycles. The van der Waals surface area contributed by atoms with E-state index in [9.17, 15) is 14.7 Å². The van der Waals surface area contributed by atoms with E-state index in [2.05, 4.69) is 12.2 Å². The predicted octanol–water partition coefficient (Wildman–Crippen LogP) is 5.48. The van der Waals surface area contributed by atoms with Crippen LogP contribution in [0.5, 0.6) is 0 Å². The van der Waals surface area contributed by atoms with Crippen molar-refractivity contribution in [3.05, 3.63) is 48.0 Å². The summed E-state index contributed by atoms with van der Waals surface area (Å²) in [7, 11) is 0. The van der Waals surface area contributed by atoms with Crippen LogP contribution in [0.4, 0.5) is 0 Å². The van der Waals surface area contributed by atoms with Gasteiger partial charge in [0.1, 0.15) is 6.04 Å². The number of nitrogens with one attached hydrogen (secondary N) is 1. The number of aliphatic carboxylic acids is 1. The highest BCUT2D eigenvalue weighted by atomic mass is 16.4. The number of benzene rings is 2. The highest BCUT2D eigenvalue weighted by Gasteiger charge is 2.21. The number of hydrogen-bond donors (Lipinski definition) is 2. The number of carbonyl (C=O) groups excluding carboxylic acids is 1. The molecule has 0 aliphatic carbocycles. The molecule has 0 saturated carbocycles. The molecule has 0 bridgehead atoms. The molecule has 2 N–H and O–H groups in total. The average molecular weight is 384 g/mol. The standard InChI is InChI=1S/C24H33NO3/c1-2-3-4-5-6-7-8-9-17-23(26)25-22(24(27)28)18-20-15-12-14-19-13-10-11-16-21(19)20/h10-16,22H,2-9,17-18H2,1H3,(H,25,26)(H,27,28). The summed E-state index contributed by atoms with van der Waals surface area (Å²) in [6.07, 6.45) is 10.0. The first kappa shape index (κ1) is 21.9. The van der Waals surface area contributed by atoms with Crippen LogP contribution in [0, 0.1) is 0 Å². The zero-order valence-electron chi connectivity index (χ0n) is 17.0. The van der Waals surface area contributed by atoms with Crippen molar-refractivity contribution in [2.24, 2.45) is 0 Å². The molecule has 0 fully saturated rings. The second-order valence-electron chi connectivity index (χ2n) is 7.53. The van der Waals surface area contributed by atoms with Gasteiger partial charge in [-0.2, -0.15) is 0 Å². The Morgan fingerprint density at radius 1 is 0.893 bits per heavy atom. The molecule has 0 aliphatic rings. The Hall–Kier alpha value is -2.36. The summed E-state index contributed by atoms with van der Waals surface area (Å²) in [5.74, 6) is -1.16. The molecule has 4 heteroatoms. The number of amides is 1. The summed E-state index contributed by atoms with van der Waals surface area (Å²) >= 11 is 0. The molecule has 1 atom stereocenters. The van der Waals surface area contributed by atoms with E-state index in [0.29, 0.717) is 12.8 Å². The Labute approximate surface area is 168 Å². The molecule has 0 aromatic heterocycles. The van der Waals surface area contributed by atoms with Gasteiger partial charge in [-0.1, -0.05) is 94.3 Å². The van der Waals surface area contributed by atoms with Gasteiger partial charge in [0, 0.05) is 12.8 Å². The van der Waals surface area contributed by atoms with Gasteiger partial charge < -0.3 is 10.4 Å². The van der Waals surface area contributed by atoms with Gasteiger partial charge in [0.05, 0.1) is 0 Å². The first-order valence-electron chi connectivity index (χ1n) is 10.6. The van der Waals surface area contributed by atoms with E-state index in [1.165, 1.54) is 32.1 Å². The lowest BCUT2D eigenvalue weighted by molar-refractivity contribution is -0.141. The van der Waals surface area contributed by atoms with Gasteiger partial charge in [-0.25, -0.2) is 4.79 Å². The van der Waals surface area contributed by atoms with Crippen LogP contribution in [0.3, 0.4) is 0 Å². The molecule has 1 amide bonds. The average Bonchev–Trinajstić information content (AvgIpc) is 2.69. The normalized spacial score (nSPS) is 12.0. The van der Waals surface area contributed by atoms with E-state index in [1.54, 1.807) is 0 Å². The smallest absolute Gasteiger partial charge is 0.326 e. The lowest BCUT2D eigenvalue weighted by Crippen LogP contribution is -2.42. The van der Waals surface area contributed by atoms with Crippen LogP contribution in [0.1, 0.15) is 70.3 Å². The van der Waals surface area contributed by atoms with Gasteiger partial charge in [0.25, 0.3) is 0 Å². The summed E-state index contributed by atoms with van der Waals surface area (Å²) in [5.41, 5.74) is 0.942. The molecule has 0 aliphatic heterocycles. The van der Waals surface area contributed by atoms with E-state index in [4.69, 9.17) is 0 Å². The maximum Gasteiger partial charge on any atom is 0.326 e. The minimum absolute atomic E-state index is 0.168. The Kier molecular flexibility index (Phi) is 9.53. The fourth-order valence-electron chi connectivity index (χ4n) is 3.58. The molecule has 0 spiro atoms. The van der Waals surface area contributed by atoms with Crippen molar-refractivity contribution < 1.29 is 14.7 Å². The monoisotopic (exact) mass is 383 g/mol. The molecule has 0 radical (unpaired) electrons. The second-order valence-corrected chi connectivity index (χ2v) is 7.53. The van der Waals surface area contributed by atoms with E-state index < -0.39 is 12.0 Å². The number of unbranched alkanes of at least 4 members (excludes halogenated alkanes) is 7. The Morgan fingerprint density at radius 3 is 2.25 bits per heavy atom. The topological polar surface area (TPSA) is 66.4 Å². The first-order chi connectivity index (χ1) is 13.6. The van der Waals surface area contributed by atoms with E-state index in [-0.39, 0.29) is 5.91 Å². The lowest BCUT2D eigenvalue weighted by Gasteiger charge is -2.16. The predicted molar refractivity (Wildman–Crippen MR) is 114 cm³/mol. The van der Waals surface area contributed by atoms with Crippen LogP contribution < -0.4 is 5.32 Å². The van der Waals surface area contributed by atoms with Gasteiger partial charge in [-0.05, 0) is 22.8 Å². The first-order valence-corrected chi connectivity index (χ1v) is 10.6. The highest BCUT2D eigenvalue weighted by molar-refractivity contribution is 5.88. The fraction of sp³-hybridized carbons (Fsp3) is 0.500. The maximum absolute atomic E-state index is 12.2. The zero-order chi connectivity index (χ0) is 20.2. The summed E-state index contributed by atoms with van der Waals surface area (Å²) < 4.78 is 0. The number of hydrogen-bond acceptors (Lipinski definition) is 2. The summed E-state index contributed by atoms with van der Waals surface area (Å²) in [6.45, 7) is 2.21. The van der Waals surface area contributed by atoms with Crippen molar-refractivity contribution in [2.75, 3.05) is 0 Å². The molecular formula is C24H33NO3. The van der Waals surface area contributed by atoms with E-state index in [1.807, 2.05) is 42.5 Å². The van der Waals surface area contributed by atoms with Gasteiger partial charge >= 0.3 is 5.97 Å². The third-order valence-corrected chi connectivity index (χ3v) is 5.19. The van der Waals surface area contributed by atoms with Crippen molar-refractivity contribution in [3.8, 4) is 0 Å². The summed E-state index contributed by atoms with van der Waals surface area (Å²) in [5, 5.41) is 14.4. The molecule has 2 rings (SSSR count). The van der Waals surface area contributed by atoms with Crippen LogP contribution in [-0.4, -0.2) is 23.0 Å². The fourth-order valence-corrected chi connectivity index (χ4v) is 3.58. The van der Waals surface area contributed by atoms with Crippen LogP contribution in [0.2, 0.25) is 0 Å². The van der Waals surface area contributed by atoms with Crippen LogP contribution in [0.15, 0.2) is 42.5 Å². The molecule has 2 aromatic rings. The molecule has 2 aromatic carbocycles. The largest absolute Gasteiger partial charge is 0.480 e. The van der Waals surface area contributed by atoms with Crippen molar-refractivity contribution in [1.82, 2.24) is 5.32 Å². The van der Waals surface area contributed by atoms with E-state index in [0.717, 1.165) is 35.6 Å². The van der Waals surface area contributed by atoms with Crippen molar-refractivity contribution >= 4 is 22.6 Å². The Bertz CT molecular complexity index is 751. The van der Waals surface area contributed by atoms with Gasteiger partial charge in [0.2, 0.25) is 5.91 Å². The molecule has 28 heavy (non-hydrogen) atoms. The lowest BCUT2D eigenvalue weighted by atomic mass is 9.98. The van der Waals surface area contributed by atoms with Gasteiger partial charge in [-0.15, -0.1) is 0 Å². The van der Waals surface area contributed by atoms with Crippen molar-refractivity contribution in [3.63, 3.8) is 0 Å². The number of rotatable bonds is 13.